The van der Waals surface area contributed by atoms with Crippen LogP contribution in [-0.2, 0) is 0 Å². The molecule has 33 heavy (non-hydrogen) atoms. The van der Waals surface area contributed by atoms with Gasteiger partial charge in [0.1, 0.15) is 5.75 Å². The number of unbranched alkanes of at least 4 members (excludes halogenated alkanes) is 3. The van der Waals surface area contributed by atoms with Crippen LogP contribution in [0.2, 0.25) is 5.02 Å². The zero-order valence-electron chi connectivity index (χ0n) is 19.3. The highest BCUT2D eigenvalue weighted by Crippen LogP contribution is 2.28. The molecular formula is C26H34Cl2N4O. The van der Waals surface area contributed by atoms with Gasteiger partial charge >= 0.3 is 0 Å². The second-order valence-electron chi connectivity index (χ2n) is 8.68. The molecule has 7 heteroatoms. The summed E-state index contributed by atoms with van der Waals surface area (Å²) in [7, 11) is 2.09. The van der Waals surface area contributed by atoms with Crippen LogP contribution in [0.4, 0.5) is 11.4 Å². The number of benzene rings is 2. The van der Waals surface area contributed by atoms with Crippen LogP contribution >= 0.6 is 24.0 Å². The van der Waals surface area contributed by atoms with Gasteiger partial charge in [0.25, 0.3) is 0 Å². The van der Waals surface area contributed by atoms with Crippen molar-refractivity contribution >= 4 is 46.3 Å². The molecule has 1 fully saturated rings. The molecule has 0 amide bonds. The van der Waals surface area contributed by atoms with Crippen LogP contribution < -0.4 is 9.80 Å². The first kappa shape index (κ1) is 25.4. The number of rotatable bonds is 9. The molecule has 1 saturated heterocycles. The summed E-state index contributed by atoms with van der Waals surface area (Å²) < 4.78 is 0. The Morgan fingerprint density at radius 3 is 2.55 bits per heavy atom. The van der Waals surface area contributed by atoms with E-state index in [2.05, 4.69) is 38.9 Å². The summed E-state index contributed by atoms with van der Waals surface area (Å²) >= 11 is 6.13. The minimum absolute atomic E-state index is 0. The quantitative estimate of drug-likeness (QED) is 0.383. The summed E-state index contributed by atoms with van der Waals surface area (Å²) in [5.41, 5.74) is 3.31. The zero-order valence-corrected chi connectivity index (χ0v) is 20.9. The number of aromatic nitrogens is 1. The topological polar surface area (TPSA) is 42.8 Å². The number of phenolic OH excluding ortho intramolecular Hbond substituents is 1. The maximum atomic E-state index is 9.62. The van der Waals surface area contributed by atoms with Crippen LogP contribution in [-0.4, -0.2) is 61.3 Å². The summed E-state index contributed by atoms with van der Waals surface area (Å²) in [6.07, 6.45) is 6.84. The van der Waals surface area contributed by atoms with Gasteiger partial charge in [-0.15, -0.1) is 12.4 Å². The first-order valence-corrected chi connectivity index (χ1v) is 12.0. The summed E-state index contributed by atoms with van der Waals surface area (Å²) in [6.45, 7) is 6.53. The largest absolute Gasteiger partial charge is 0.508 e. The number of hydrogen-bond donors (Lipinski definition) is 1. The average Bonchev–Trinajstić information content (AvgIpc) is 2.81. The van der Waals surface area contributed by atoms with Crippen molar-refractivity contribution in [2.75, 3.05) is 56.1 Å². The molecule has 0 aliphatic carbocycles. The van der Waals surface area contributed by atoms with Crippen molar-refractivity contribution in [3.63, 3.8) is 0 Å². The van der Waals surface area contributed by atoms with Gasteiger partial charge < -0.3 is 14.9 Å². The normalized spacial score (nSPS) is 14.3. The second-order valence-corrected chi connectivity index (χ2v) is 9.11. The maximum absolute atomic E-state index is 9.62. The van der Waals surface area contributed by atoms with E-state index in [0.29, 0.717) is 5.75 Å². The second kappa shape index (κ2) is 12.3. The van der Waals surface area contributed by atoms with Gasteiger partial charge in [0.05, 0.1) is 5.52 Å². The lowest BCUT2D eigenvalue weighted by molar-refractivity contribution is 0.252. The Kier molecular flexibility index (Phi) is 9.48. The number of phenols is 1. The van der Waals surface area contributed by atoms with Crippen molar-refractivity contribution in [2.24, 2.45) is 0 Å². The first-order valence-electron chi connectivity index (χ1n) is 11.6. The molecule has 178 valence electrons. The molecule has 0 unspecified atom stereocenters. The molecule has 1 aromatic heterocycles. The Balaban J connectivity index is 0.00000306. The Hall–Kier alpha value is -2.21. The molecule has 0 radical (unpaired) electrons. The third-order valence-corrected chi connectivity index (χ3v) is 6.62. The monoisotopic (exact) mass is 488 g/mol. The number of anilines is 2. The fourth-order valence-electron chi connectivity index (χ4n) is 4.49. The van der Waals surface area contributed by atoms with Gasteiger partial charge in [-0.05, 0) is 55.8 Å². The summed E-state index contributed by atoms with van der Waals surface area (Å²) in [4.78, 5) is 11.8. The molecular weight excluding hydrogens is 455 g/mol. The number of nitrogens with zero attached hydrogens (tertiary/aromatic N) is 4. The van der Waals surface area contributed by atoms with Gasteiger partial charge in [0.2, 0.25) is 0 Å². The minimum atomic E-state index is 0. The van der Waals surface area contributed by atoms with Gasteiger partial charge in [0, 0.05) is 73.8 Å². The molecule has 0 bridgehead atoms. The van der Waals surface area contributed by atoms with Gasteiger partial charge in [0.15, 0.2) is 0 Å². The lowest BCUT2D eigenvalue weighted by atomic mass is 10.1. The Labute approximate surface area is 208 Å². The molecule has 4 rings (SSSR count). The molecule has 2 heterocycles. The van der Waals surface area contributed by atoms with Crippen molar-refractivity contribution in [3.05, 3.63) is 59.8 Å². The molecule has 0 saturated carbocycles. The number of aromatic hydroxyl groups is 1. The number of pyridine rings is 1. The number of fused-ring (bicyclic) bond motifs is 1. The van der Waals surface area contributed by atoms with Crippen molar-refractivity contribution < 1.29 is 5.11 Å². The first-order chi connectivity index (χ1) is 15.6. The highest BCUT2D eigenvalue weighted by molar-refractivity contribution is 6.31. The smallest absolute Gasteiger partial charge is 0.117 e. The lowest BCUT2D eigenvalue weighted by Gasteiger charge is -2.36. The van der Waals surface area contributed by atoms with Gasteiger partial charge in [-0.2, -0.15) is 0 Å². The van der Waals surface area contributed by atoms with Crippen LogP contribution in [0.25, 0.3) is 10.9 Å². The van der Waals surface area contributed by atoms with Gasteiger partial charge in [-0.1, -0.05) is 30.5 Å². The van der Waals surface area contributed by atoms with E-state index in [9.17, 15) is 5.11 Å². The molecule has 1 aliphatic heterocycles. The Morgan fingerprint density at radius 1 is 0.970 bits per heavy atom. The van der Waals surface area contributed by atoms with Crippen molar-refractivity contribution in [1.29, 1.82) is 0 Å². The Morgan fingerprint density at radius 2 is 1.76 bits per heavy atom. The van der Waals surface area contributed by atoms with Crippen LogP contribution in [0.15, 0.2) is 54.7 Å². The van der Waals surface area contributed by atoms with Crippen LogP contribution in [0, 0.1) is 0 Å². The van der Waals surface area contributed by atoms with E-state index in [1.807, 2.05) is 36.5 Å². The van der Waals surface area contributed by atoms with Crippen LogP contribution in [0.3, 0.4) is 0 Å². The summed E-state index contributed by atoms with van der Waals surface area (Å²) in [5.74, 6) is 0.330. The molecule has 1 N–H and O–H groups in total. The number of piperazine rings is 1. The molecule has 3 aromatic rings. The minimum Gasteiger partial charge on any atom is -0.508 e. The highest BCUT2D eigenvalue weighted by atomic mass is 35.5. The summed E-state index contributed by atoms with van der Waals surface area (Å²) in [6, 6.07) is 15.6. The fourth-order valence-corrected chi connectivity index (χ4v) is 4.66. The van der Waals surface area contributed by atoms with Crippen LogP contribution in [0.1, 0.15) is 25.7 Å². The van der Waals surface area contributed by atoms with E-state index in [-0.39, 0.29) is 12.4 Å². The van der Waals surface area contributed by atoms with Crippen molar-refractivity contribution in [3.8, 4) is 5.75 Å². The van der Waals surface area contributed by atoms with Crippen LogP contribution in [0.5, 0.6) is 5.75 Å². The predicted octanol–water partition coefficient (Wildman–Crippen LogP) is 5.83. The Bertz CT molecular complexity index is 1020. The molecule has 0 spiro atoms. The van der Waals surface area contributed by atoms with Gasteiger partial charge in [-0.25, -0.2) is 0 Å². The standard InChI is InChI=1S/C26H33ClN4O.ClH/c1-29(22-7-6-8-23(32)20-22)13-4-2-3-5-14-30-15-17-31(18-16-30)26-11-12-28-25-19-21(27)9-10-24(25)26;/h6-12,19-20,32H,2-5,13-18H2,1H3;1H. The van der Waals surface area contributed by atoms with E-state index in [4.69, 9.17) is 11.6 Å². The van der Waals surface area contributed by atoms with E-state index in [1.54, 1.807) is 6.07 Å². The van der Waals surface area contributed by atoms with Crippen molar-refractivity contribution in [1.82, 2.24) is 9.88 Å². The van der Waals surface area contributed by atoms with Gasteiger partial charge in [-0.3, -0.25) is 9.88 Å². The van der Waals surface area contributed by atoms with E-state index in [1.165, 1.54) is 43.3 Å². The van der Waals surface area contributed by atoms with E-state index < -0.39 is 0 Å². The molecule has 1 aliphatic rings. The van der Waals surface area contributed by atoms with Crippen molar-refractivity contribution in [2.45, 2.75) is 25.7 Å². The zero-order chi connectivity index (χ0) is 22.3. The number of hydrogen-bond acceptors (Lipinski definition) is 5. The van der Waals surface area contributed by atoms with E-state index in [0.717, 1.165) is 49.0 Å². The summed E-state index contributed by atoms with van der Waals surface area (Å²) in [5, 5.41) is 11.5. The third kappa shape index (κ3) is 6.89. The third-order valence-electron chi connectivity index (χ3n) is 6.38. The average molecular weight is 489 g/mol. The molecule has 0 atom stereocenters. The lowest BCUT2D eigenvalue weighted by Crippen LogP contribution is -2.46. The highest BCUT2D eigenvalue weighted by Gasteiger charge is 2.18. The molecule has 2 aromatic carbocycles. The SMILES string of the molecule is CN(CCCCCCN1CCN(c2ccnc3cc(Cl)ccc23)CC1)c1cccc(O)c1.Cl. The fraction of sp³-hybridized carbons (Fsp3) is 0.423. The molecule has 5 nitrogen and oxygen atoms in total. The predicted molar refractivity (Wildman–Crippen MR) is 142 cm³/mol. The van der Waals surface area contributed by atoms with E-state index >= 15 is 0 Å². The number of halogens is 2. The maximum Gasteiger partial charge on any atom is 0.117 e.